The normalized spacial score (nSPS) is 10.3. The van der Waals surface area contributed by atoms with Crippen molar-refractivity contribution in [2.24, 2.45) is 0 Å². The highest BCUT2D eigenvalue weighted by Gasteiger charge is 2.12. The Morgan fingerprint density at radius 2 is 2.13 bits per heavy atom. The highest BCUT2D eigenvalue weighted by Crippen LogP contribution is 2.10. The number of carbonyl (C=O) groups is 1. The monoisotopic (exact) mass is 208 g/mol. The van der Waals surface area contributed by atoms with Crippen LogP contribution in [0.25, 0.3) is 0 Å². The maximum absolute atomic E-state index is 11.3. The van der Waals surface area contributed by atoms with Crippen molar-refractivity contribution in [1.82, 2.24) is 0 Å². The lowest BCUT2D eigenvalue weighted by atomic mass is 10.0. The summed E-state index contributed by atoms with van der Waals surface area (Å²) in [6, 6.07) is 1.72. The highest BCUT2D eigenvalue weighted by molar-refractivity contribution is 5.94. The number of hydrogen-bond acceptors (Lipinski definition) is 3. The molecule has 0 saturated carbocycles. The van der Waals surface area contributed by atoms with Gasteiger partial charge in [0.2, 0.25) is 0 Å². The second-order valence-corrected chi connectivity index (χ2v) is 3.62. The van der Waals surface area contributed by atoms with Crippen molar-refractivity contribution in [3.05, 3.63) is 33.9 Å². The molecule has 0 aromatic carbocycles. The number of ketones is 1. The van der Waals surface area contributed by atoms with Crippen LogP contribution in [-0.2, 0) is 6.42 Å². The summed E-state index contributed by atoms with van der Waals surface area (Å²) in [5.41, 5.74) is 0.511. The lowest BCUT2D eigenvalue weighted by molar-refractivity contribution is 0.101. The minimum absolute atomic E-state index is 0.212. The molecule has 0 aliphatic rings. The van der Waals surface area contributed by atoms with E-state index in [9.17, 15) is 9.59 Å². The molecule has 1 heterocycles. The number of carbonyl (C=O) groups excluding carboxylic acids is 1. The summed E-state index contributed by atoms with van der Waals surface area (Å²) < 4.78 is 4.69. The Kier molecular flexibility index (Phi) is 4.28. The number of rotatable bonds is 5. The van der Waals surface area contributed by atoms with Crippen LogP contribution in [-0.4, -0.2) is 5.78 Å². The van der Waals surface area contributed by atoms with Crippen LogP contribution in [0.2, 0.25) is 0 Å². The van der Waals surface area contributed by atoms with Gasteiger partial charge in [-0.25, -0.2) is 4.79 Å². The van der Waals surface area contributed by atoms with Gasteiger partial charge in [0.25, 0.3) is 0 Å². The third kappa shape index (κ3) is 3.05. The lowest BCUT2D eigenvalue weighted by Gasteiger charge is -2.03. The molecule has 1 aromatic heterocycles. The Balaban J connectivity index is 2.91. The molecular formula is C12H16O3. The molecule has 0 aliphatic heterocycles. The standard InChI is InChI=1S/C12H16O3/c1-3-4-5-6-10-7-8-15-12(14)11(10)9(2)13/h7-8H,3-6H2,1-2H3. The fraction of sp³-hybridized carbons (Fsp3) is 0.500. The van der Waals surface area contributed by atoms with Gasteiger partial charge in [-0.05, 0) is 31.4 Å². The van der Waals surface area contributed by atoms with Crippen molar-refractivity contribution in [3.63, 3.8) is 0 Å². The van der Waals surface area contributed by atoms with Crippen molar-refractivity contribution in [2.45, 2.75) is 39.5 Å². The SMILES string of the molecule is CCCCCc1ccoc(=O)c1C(C)=O. The molecular weight excluding hydrogens is 192 g/mol. The minimum Gasteiger partial charge on any atom is -0.431 e. The molecule has 0 amide bonds. The number of hydrogen-bond donors (Lipinski definition) is 0. The predicted molar refractivity (Wildman–Crippen MR) is 58.2 cm³/mol. The van der Waals surface area contributed by atoms with Gasteiger partial charge < -0.3 is 4.42 Å². The van der Waals surface area contributed by atoms with Crippen molar-refractivity contribution < 1.29 is 9.21 Å². The molecule has 0 bridgehead atoms. The summed E-state index contributed by atoms with van der Waals surface area (Å²) in [5.74, 6) is -0.212. The zero-order chi connectivity index (χ0) is 11.3. The Hall–Kier alpha value is -1.38. The van der Waals surface area contributed by atoms with Crippen LogP contribution < -0.4 is 5.63 Å². The predicted octanol–water partition coefficient (Wildman–Crippen LogP) is 2.58. The number of aryl methyl sites for hydroxylation is 1. The lowest BCUT2D eigenvalue weighted by Crippen LogP contribution is -2.14. The molecule has 0 saturated heterocycles. The summed E-state index contributed by atoms with van der Waals surface area (Å²) in [7, 11) is 0. The first-order chi connectivity index (χ1) is 7.16. The van der Waals surface area contributed by atoms with Crippen molar-refractivity contribution in [1.29, 1.82) is 0 Å². The van der Waals surface area contributed by atoms with Crippen molar-refractivity contribution in [2.75, 3.05) is 0 Å². The molecule has 0 atom stereocenters. The molecule has 0 spiro atoms. The molecule has 82 valence electrons. The van der Waals surface area contributed by atoms with Crippen LogP contribution in [0.4, 0.5) is 0 Å². The molecule has 3 heteroatoms. The van der Waals surface area contributed by atoms with Gasteiger partial charge in [0.15, 0.2) is 5.78 Å². The van der Waals surface area contributed by atoms with Crippen LogP contribution in [0.5, 0.6) is 0 Å². The fourth-order valence-electron chi connectivity index (χ4n) is 1.59. The first-order valence-electron chi connectivity index (χ1n) is 5.28. The first kappa shape index (κ1) is 11.7. The molecule has 0 N–H and O–H groups in total. The van der Waals surface area contributed by atoms with Crippen LogP contribution in [0.1, 0.15) is 49.0 Å². The zero-order valence-electron chi connectivity index (χ0n) is 9.21. The average molecular weight is 208 g/mol. The average Bonchev–Trinajstić information content (AvgIpc) is 2.17. The van der Waals surface area contributed by atoms with E-state index in [2.05, 4.69) is 6.92 Å². The molecule has 1 aromatic rings. The number of Topliss-reactive ketones (excluding diaryl/α,β-unsaturated/α-hetero) is 1. The van der Waals surface area contributed by atoms with Gasteiger partial charge in [0.1, 0.15) is 5.56 Å². The Bertz CT molecular complexity index is 390. The molecule has 0 aliphatic carbocycles. The van der Waals surface area contributed by atoms with E-state index in [0.717, 1.165) is 31.2 Å². The van der Waals surface area contributed by atoms with E-state index >= 15 is 0 Å². The summed E-state index contributed by atoms with van der Waals surface area (Å²) in [5, 5.41) is 0. The van der Waals surface area contributed by atoms with Crippen LogP contribution >= 0.6 is 0 Å². The molecule has 1 rings (SSSR count). The van der Waals surface area contributed by atoms with E-state index in [-0.39, 0.29) is 11.3 Å². The molecule has 3 nitrogen and oxygen atoms in total. The molecule has 15 heavy (non-hydrogen) atoms. The van der Waals surface area contributed by atoms with E-state index in [1.165, 1.54) is 13.2 Å². The summed E-state index contributed by atoms with van der Waals surface area (Å²) in [6.07, 6.45) is 5.36. The summed E-state index contributed by atoms with van der Waals surface area (Å²) in [4.78, 5) is 22.6. The van der Waals surface area contributed by atoms with Crippen molar-refractivity contribution >= 4 is 5.78 Å². The molecule has 0 fully saturated rings. The largest absolute Gasteiger partial charge is 0.431 e. The summed E-state index contributed by atoms with van der Waals surface area (Å²) in [6.45, 7) is 3.51. The maximum Gasteiger partial charge on any atom is 0.346 e. The topological polar surface area (TPSA) is 47.3 Å². The second-order valence-electron chi connectivity index (χ2n) is 3.62. The number of unbranched alkanes of at least 4 members (excludes halogenated alkanes) is 2. The van der Waals surface area contributed by atoms with E-state index in [4.69, 9.17) is 4.42 Å². The van der Waals surface area contributed by atoms with Crippen molar-refractivity contribution in [3.8, 4) is 0 Å². The Morgan fingerprint density at radius 3 is 2.73 bits per heavy atom. The van der Waals surface area contributed by atoms with Gasteiger partial charge in [-0.2, -0.15) is 0 Å². The fourth-order valence-corrected chi connectivity index (χ4v) is 1.59. The van der Waals surface area contributed by atoms with Gasteiger partial charge in [-0.15, -0.1) is 0 Å². The second kappa shape index (κ2) is 5.49. The highest BCUT2D eigenvalue weighted by atomic mass is 16.4. The van der Waals surface area contributed by atoms with E-state index in [1.54, 1.807) is 6.07 Å². The minimum atomic E-state index is -0.517. The van der Waals surface area contributed by atoms with Gasteiger partial charge >= 0.3 is 5.63 Å². The molecule has 0 unspecified atom stereocenters. The van der Waals surface area contributed by atoms with Crippen LogP contribution in [0.15, 0.2) is 21.5 Å². The van der Waals surface area contributed by atoms with E-state index in [1.807, 2.05) is 0 Å². The Morgan fingerprint density at radius 1 is 1.40 bits per heavy atom. The van der Waals surface area contributed by atoms with Crippen LogP contribution in [0.3, 0.4) is 0 Å². The first-order valence-corrected chi connectivity index (χ1v) is 5.28. The zero-order valence-corrected chi connectivity index (χ0v) is 9.21. The quantitative estimate of drug-likeness (QED) is 0.552. The van der Waals surface area contributed by atoms with Gasteiger partial charge in [0, 0.05) is 0 Å². The van der Waals surface area contributed by atoms with Crippen LogP contribution in [0, 0.1) is 0 Å². The van der Waals surface area contributed by atoms with Gasteiger partial charge in [-0.3, -0.25) is 4.79 Å². The summed E-state index contributed by atoms with van der Waals surface area (Å²) >= 11 is 0. The molecule has 0 radical (unpaired) electrons. The third-order valence-electron chi connectivity index (χ3n) is 2.37. The van der Waals surface area contributed by atoms with Gasteiger partial charge in [-0.1, -0.05) is 19.8 Å². The van der Waals surface area contributed by atoms with E-state index in [0.29, 0.717) is 0 Å². The smallest absolute Gasteiger partial charge is 0.346 e. The maximum atomic E-state index is 11.3. The third-order valence-corrected chi connectivity index (χ3v) is 2.37. The Labute approximate surface area is 89.1 Å². The van der Waals surface area contributed by atoms with E-state index < -0.39 is 5.63 Å². The van der Waals surface area contributed by atoms with Gasteiger partial charge in [0.05, 0.1) is 6.26 Å².